The van der Waals surface area contributed by atoms with Gasteiger partial charge in [0.05, 0.1) is 6.04 Å². The van der Waals surface area contributed by atoms with Crippen molar-refractivity contribution < 1.29 is 4.79 Å². The zero-order valence-electron chi connectivity index (χ0n) is 11.6. The van der Waals surface area contributed by atoms with E-state index in [2.05, 4.69) is 10.3 Å². The van der Waals surface area contributed by atoms with Crippen molar-refractivity contribution in [2.75, 3.05) is 0 Å². The lowest BCUT2D eigenvalue weighted by Gasteiger charge is -2.14. The minimum atomic E-state index is -0.359. The standard InChI is InChI=1S/C16H15ClN2O2/c1-9-2-5-13(15(20)18-9)16(21)19-14-7-3-10-8-11(17)4-6-12(10)14/h2,4-6,8,14H,3,7H2,1H3,(H,18,20)(H,19,21). The Labute approximate surface area is 127 Å². The SMILES string of the molecule is Cc1ccc(C(=O)NC2CCc3cc(Cl)ccc32)c(=O)[nH]1. The van der Waals surface area contributed by atoms with Gasteiger partial charge in [0.15, 0.2) is 0 Å². The summed E-state index contributed by atoms with van der Waals surface area (Å²) in [5.41, 5.74) is 2.75. The Balaban J connectivity index is 1.82. The lowest BCUT2D eigenvalue weighted by atomic mass is 10.1. The molecule has 0 spiro atoms. The number of benzene rings is 1. The molecular weight excluding hydrogens is 288 g/mol. The molecule has 0 bridgehead atoms. The van der Waals surface area contributed by atoms with E-state index in [1.54, 1.807) is 19.1 Å². The molecule has 21 heavy (non-hydrogen) atoms. The Morgan fingerprint density at radius 3 is 2.90 bits per heavy atom. The number of hydrogen-bond acceptors (Lipinski definition) is 2. The van der Waals surface area contributed by atoms with Gasteiger partial charge < -0.3 is 10.3 Å². The Morgan fingerprint density at radius 2 is 2.14 bits per heavy atom. The van der Waals surface area contributed by atoms with Gasteiger partial charge in [0.1, 0.15) is 5.56 Å². The monoisotopic (exact) mass is 302 g/mol. The summed E-state index contributed by atoms with van der Waals surface area (Å²) in [4.78, 5) is 26.7. The van der Waals surface area contributed by atoms with E-state index in [0.29, 0.717) is 5.02 Å². The third-order valence-electron chi connectivity index (χ3n) is 3.79. The van der Waals surface area contributed by atoms with Crippen molar-refractivity contribution in [1.29, 1.82) is 0 Å². The summed E-state index contributed by atoms with van der Waals surface area (Å²) in [5, 5.41) is 3.63. The molecule has 3 rings (SSSR count). The Morgan fingerprint density at radius 1 is 1.33 bits per heavy atom. The van der Waals surface area contributed by atoms with Gasteiger partial charge in [-0.05, 0) is 55.2 Å². The third-order valence-corrected chi connectivity index (χ3v) is 4.02. The molecule has 1 aromatic carbocycles. The molecule has 4 nitrogen and oxygen atoms in total. The Kier molecular flexibility index (Phi) is 3.55. The maximum absolute atomic E-state index is 12.3. The van der Waals surface area contributed by atoms with Crippen LogP contribution in [0.25, 0.3) is 0 Å². The first-order valence-electron chi connectivity index (χ1n) is 6.84. The summed E-state index contributed by atoms with van der Waals surface area (Å²) >= 11 is 5.98. The predicted molar refractivity (Wildman–Crippen MR) is 81.8 cm³/mol. The summed E-state index contributed by atoms with van der Waals surface area (Å²) in [7, 11) is 0. The summed E-state index contributed by atoms with van der Waals surface area (Å²) in [6.45, 7) is 1.78. The number of nitrogens with one attached hydrogen (secondary N) is 2. The molecule has 1 aliphatic rings. The van der Waals surface area contributed by atoms with Crippen LogP contribution in [0, 0.1) is 6.92 Å². The number of carbonyl (C=O) groups is 1. The molecule has 0 saturated heterocycles. The van der Waals surface area contributed by atoms with Crippen molar-refractivity contribution in [1.82, 2.24) is 10.3 Å². The normalized spacial score (nSPS) is 16.6. The second-order valence-corrected chi connectivity index (χ2v) is 5.73. The summed E-state index contributed by atoms with van der Waals surface area (Å²) in [6, 6.07) is 8.91. The highest BCUT2D eigenvalue weighted by molar-refractivity contribution is 6.30. The fourth-order valence-corrected chi connectivity index (χ4v) is 2.92. The number of fused-ring (bicyclic) bond motifs is 1. The number of aryl methyl sites for hydroxylation is 2. The molecule has 1 atom stereocenters. The second kappa shape index (κ2) is 5.37. The number of rotatable bonds is 2. The number of pyridine rings is 1. The number of aromatic amines is 1. The van der Waals surface area contributed by atoms with Crippen LogP contribution in [0.2, 0.25) is 5.02 Å². The first kappa shape index (κ1) is 13.9. The van der Waals surface area contributed by atoms with Gasteiger partial charge in [-0.2, -0.15) is 0 Å². The first-order valence-corrected chi connectivity index (χ1v) is 7.21. The zero-order chi connectivity index (χ0) is 15.0. The summed E-state index contributed by atoms with van der Waals surface area (Å²) < 4.78 is 0. The van der Waals surface area contributed by atoms with Crippen LogP contribution in [0.4, 0.5) is 0 Å². The molecule has 0 radical (unpaired) electrons. The number of carbonyl (C=O) groups excluding carboxylic acids is 1. The second-order valence-electron chi connectivity index (χ2n) is 5.29. The third kappa shape index (κ3) is 2.72. The highest BCUT2D eigenvalue weighted by atomic mass is 35.5. The van der Waals surface area contributed by atoms with E-state index in [1.807, 2.05) is 18.2 Å². The molecule has 0 aliphatic heterocycles. The summed E-state index contributed by atoms with van der Waals surface area (Å²) in [5.74, 6) is -0.343. The van der Waals surface area contributed by atoms with Gasteiger partial charge in [-0.15, -0.1) is 0 Å². The van der Waals surface area contributed by atoms with Crippen LogP contribution >= 0.6 is 11.6 Å². The topological polar surface area (TPSA) is 62.0 Å². The van der Waals surface area contributed by atoms with Crippen LogP contribution in [0.5, 0.6) is 0 Å². The molecule has 1 aromatic heterocycles. The van der Waals surface area contributed by atoms with Gasteiger partial charge in [-0.3, -0.25) is 9.59 Å². The molecule has 1 amide bonds. The van der Waals surface area contributed by atoms with E-state index in [0.717, 1.165) is 29.7 Å². The van der Waals surface area contributed by atoms with Crippen LogP contribution < -0.4 is 10.9 Å². The van der Waals surface area contributed by atoms with E-state index < -0.39 is 0 Å². The van der Waals surface area contributed by atoms with Crippen LogP contribution in [-0.2, 0) is 6.42 Å². The molecular formula is C16H15ClN2O2. The number of aromatic nitrogens is 1. The van der Waals surface area contributed by atoms with E-state index in [1.165, 1.54) is 0 Å². The van der Waals surface area contributed by atoms with Crippen LogP contribution in [0.1, 0.15) is 39.6 Å². The zero-order valence-corrected chi connectivity index (χ0v) is 12.3. The number of amides is 1. The van der Waals surface area contributed by atoms with Crippen molar-refractivity contribution in [3.63, 3.8) is 0 Å². The largest absolute Gasteiger partial charge is 0.345 e. The smallest absolute Gasteiger partial charge is 0.260 e. The highest BCUT2D eigenvalue weighted by Gasteiger charge is 2.25. The lowest BCUT2D eigenvalue weighted by Crippen LogP contribution is -2.32. The molecule has 0 saturated carbocycles. The molecule has 5 heteroatoms. The van der Waals surface area contributed by atoms with Gasteiger partial charge in [-0.25, -0.2) is 0 Å². The molecule has 1 unspecified atom stereocenters. The lowest BCUT2D eigenvalue weighted by molar-refractivity contribution is 0.0935. The van der Waals surface area contributed by atoms with Crippen molar-refractivity contribution in [3.8, 4) is 0 Å². The fraction of sp³-hybridized carbons (Fsp3) is 0.250. The molecule has 0 fully saturated rings. The fourth-order valence-electron chi connectivity index (χ4n) is 2.72. The van der Waals surface area contributed by atoms with Crippen molar-refractivity contribution in [3.05, 3.63) is 68.1 Å². The van der Waals surface area contributed by atoms with Crippen molar-refractivity contribution >= 4 is 17.5 Å². The van der Waals surface area contributed by atoms with Crippen molar-refractivity contribution in [2.24, 2.45) is 0 Å². The average molecular weight is 303 g/mol. The first-order chi connectivity index (χ1) is 10.0. The number of hydrogen-bond donors (Lipinski definition) is 2. The Bertz CT molecular complexity index is 767. The van der Waals surface area contributed by atoms with E-state index in [9.17, 15) is 9.59 Å². The van der Waals surface area contributed by atoms with Crippen molar-refractivity contribution in [2.45, 2.75) is 25.8 Å². The van der Waals surface area contributed by atoms with Crippen LogP contribution in [0.15, 0.2) is 35.1 Å². The number of H-pyrrole nitrogens is 1. The average Bonchev–Trinajstić information content (AvgIpc) is 2.80. The quantitative estimate of drug-likeness (QED) is 0.896. The highest BCUT2D eigenvalue weighted by Crippen LogP contribution is 2.32. The van der Waals surface area contributed by atoms with Gasteiger partial charge in [-0.1, -0.05) is 17.7 Å². The van der Waals surface area contributed by atoms with Gasteiger partial charge in [0, 0.05) is 10.7 Å². The Hall–Kier alpha value is -2.07. The molecule has 1 heterocycles. The number of halogens is 1. The van der Waals surface area contributed by atoms with E-state index in [4.69, 9.17) is 11.6 Å². The van der Waals surface area contributed by atoms with Crippen LogP contribution in [-0.4, -0.2) is 10.9 Å². The molecule has 2 N–H and O–H groups in total. The maximum atomic E-state index is 12.3. The molecule has 1 aliphatic carbocycles. The van der Waals surface area contributed by atoms with Gasteiger partial charge in [0.2, 0.25) is 0 Å². The van der Waals surface area contributed by atoms with Crippen LogP contribution in [0.3, 0.4) is 0 Å². The minimum Gasteiger partial charge on any atom is -0.345 e. The molecule has 2 aromatic rings. The van der Waals surface area contributed by atoms with E-state index >= 15 is 0 Å². The predicted octanol–water partition coefficient (Wildman–Crippen LogP) is 2.75. The molecule has 108 valence electrons. The van der Waals surface area contributed by atoms with Gasteiger partial charge in [0.25, 0.3) is 11.5 Å². The van der Waals surface area contributed by atoms with Gasteiger partial charge >= 0.3 is 0 Å². The summed E-state index contributed by atoms with van der Waals surface area (Å²) in [6.07, 6.45) is 1.70. The minimum absolute atomic E-state index is 0.0644. The van der Waals surface area contributed by atoms with E-state index in [-0.39, 0.29) is 23.1 Å². The maximum Gasteiger partial charge on any atom is 0.260 e.